The number of rotatable bonds is 6. The largest absolute Gasteiger partial charge is 0.310 e. The molecule has 2 aromatic rings. The highest BCUT2D eigenvalue weighted by atomic mass is 19.1. The van der Waals surface area contributed by atoms with Gasteiger partial charge in [0.15, 0.2) is 0 Å². The lowest BCUT2D eigenvalue weighted by Crippen LogP contribution is -2.22. The predicted molar refractivity (Wildman–Crippen MR) is 82.3 cm³/mol. The van der Waals surface area contributed by atoms with Gasteiger partial charge < -0.3 is 5.32 Å². The standard InChI is InChI=1S/C18H21F2N/c1-3-21-18(16-10-9-15(19)12-17(16)20)11-8-14-7-5-4-6-13(14)2/h4-7,9-10,12,18,21H,3,8,11H2,1-2H3. The van der Waals surface area contributed by atoms with Crippen molar-refractivity contribution in [3.8, 4) is 0 Å². The first-order chi connectivity index (χ1) is 10.1. The monoisotopic (exact) mass is 289 g/mol. The van der Waals surface area contributed by atoms with Crippen molar-refractivity contribution in [3.63, 3.8) is 0 Å². The molecule has 21 heavy (non-hydrogen) atoms. The predicted octanol–water partition coefficient (Wildman–Crippen LogP) is 4.56. The fourth-order valence-corrected chi connectivity index (χ4v) is 2.59. The summed E-state index contributed by atoms with van der Waals surface area (Å²) in [6, 6.07) is 11.9. The van der Waals surface area contributed by atoms with Gasteiger partial charge in [-0.3, -0.25) is 0 Å². The van der Waals surface area contributed by atoms with Gasteiger partial charge >= 0.3 is 0 Å². The minimum absolute atomic E-state index is 0.102. The second-order valence-corrected chi connectivity index (χ2v) is 5.24. The number of nitrogens with one attached hydrogen (secondary N) is 1. The van der Waals surface area contributed by atoms with Gasteiger partial charge in [0.1, 0.15) is 11.6 Å². The molecule has 0 fully saturated rings. The van der Waals surface area contributed by atoms with Crippen LogP contribution in [0.15, 0.2) is 42.5 Å². The number of hydrogen-bond acceptors (Lipinski definition) is 1. The maximum absolute atomic E-state index is 13.9. The van der Waals surface area contributed by atoms with Gasteiger partial charge in [-0.05, 0) is 43.5 Å². The summed E-state index contributed by atoms with van der Waals surface area (Å²) >= 11 is 0. The quantitative estimate of drug-likeness (QED) is 0.822. The highest BCUT2D eigenvalue weighted by Gasteiger charge is 2.15. The van der Waals surface area contributed by atoms with Crippen molar-refractivity contribution in [2.45, 2.75) is 32.7 Å². The van der Waals surface area contributed by atoms with Crippen molar-refractivity contribution in [2.75, 3.05) is 6.54 Å². The van der Waals surface area contributed by atoms with Gasteiger partial charge in [0, 0.05) is 17.7 Å². The van der Waals surface area contributed by atoms with E-state index in [1.165, 1.54) is 23.3 Å². The minimum Gasteiger partial charge on any atom is -0.310 e. The van der Waals surface area contributed by atoms with Crippen LogP contribution in [0.2, 0.25) is 0 Å². The van der Waals surface area contributed by atoms with Gasteiger partial charge in [-0.2, -0.15) is 0 Å². The third-order valence-electron chi connectivity index (χ3n) is 3.75. The summed E-state index contributed by atoms with van der Waals surface area (Å²) in [4.78, 5) is 0. The van der Waals surface area contributed by atoms with Gasteiger partial charge in [-0.1, -0.05) is 37.3 Å². The SMILES string of the molecule is CCNC(CCc1ccccc1C)c1ccc(F)cc1F. The maximum atomic E-state index is 13.9. The fraction of sp³-hybridized carbons (Fsp3) is 0.333. The smallest absolute Gasteiger partial charge is 0.130 e. The van der Waals surface area contributed by atoms with Crippen molar-refractivity contribution >= 4 is 0 Å². The summed E-state index contributed by atoms with van der Waals surface area (Å²) in [6.45, 7) is 4.81. The molecule has 3 heteroatoms. The molecule has 0 aliphatic heterocycles. The lowest BCUT2D eigenvalue weighted by Gasteiger charge is -2.19. The second kappa shape index (κ2) is 7.32. The van der Waals surface area contributed by atoms with Crippen LogP contribution in [-0.2, 0) is 6.42 Å². The molecule has 0 saturated carbocycles. The van der Waals surface area contributed by atoms with E-state index in [4.69, 9.17) is 0 Å². The summed E-state index contributed by atoms with van der Waals surface area (Å²) in [5.74, 6) is -1.02. The first-order valence-corrected chi connectivity index (χ1v) is 7.34. The molecule has 1 atom stereocenters. The van der Waals surface area contributed by atoms with E-state index in [-0.39, 0.29) is 6.04 Å². The average molecular weight is 289 g/mol. The molecule has 0 aliphatic carbocycles. The van der Waals surface area contributed by atoms with Gasteiger partial charge in [0.2, 0.25) is 0 Å². The number of halogens is 2. The topological polar surface area (TPSA) is 12.0 Å². The Hall–Kier alpha value is -1.74. The minimum atomic E-state index is -0.537. The zero-order chi connectivity index (χ0) is 15.2. The first kappa shape index (κ1) is 15.6. The Morgan fingerprint density at radius 1 is 1.10 bits per heavy atom. The maximum Gasteiger partial charge on any atom is 0.130 e. The fourth-order valence-electron chi connectivity index (χ4n) is 2.59. The molecule has 0 saturated heterocycles. The summed E-state index contributed by atoms with van der Waals surface area (Å²) in [5.41, 5.74) is 3.04. The molecule has 1 unspecified atom stereocenters. The van der Waals surface area contributed by atoms with Gasteiger partial charge in [-0.15, -0.1) is 0 Å². The van der Waals surface area contributed by atoms with E-state index in [2.05, 4.69) is 24.4 Å². The van der Waals surface area contributed by atoms with Crippen LogP contribution in [0.3, 0.4) is 0 Å². The summed E-state index contributed by atoms with van der Waals surface area (Å²) in [7, 11) is 0. The van der Waals surface area contributed by atoms with Gasteiger partial charge in [0.05, 0.1) is 0 Å². The molecular weight excluding hydrogens is 268 g/mol. The molecule has 0 bridgehead atoms. The van der Waals surface area contributed by atoms with Crippen LogP contribution in [-0.4, -0.2) is 6.54 Å². The van der Waals surface area contributed by atoms with Crippen LogP contribution in [0.4, 0.5) is 8.78 Å². The molecule has 0 amide bonds. The normalized spacial score (nSPS) is 12.4. The van der Waals surface area contributed by atoms with Crippen molar-refractivity contribution in [2.24, 2.45) is 0 Å². The highest BCUT2D eigenvalue weighted by molar-refractivity contribution is 5.27. The first-order valence-electron chi connectivity index (χ1n) is 7.34. The molecule has 0 heterocycles. The molecule has 0 aromatic heterocycles. The van der Waals surface area contributed by atoms with E-state index in [0.717, 1.165) is 25.5 Å². The molecule has 2 rings (SSSR count). The lowest BCUT2D eigenvalue weighted by molar-refractivity contribution is 0.480. The molecule has 0 aliphatic rings. The Labute approximate surface area is 125 Å². The molecule has 112 valence electrons. The zero-order valence-corrected chi connectivity index (χ0v) is 12.5. The van der Waals surface area contributed by atoms with Crippen molar-refractivity contribution in [3.05, 3.63) is 70.8 Å². The molecular formula is C18H21F2N. The zero-order valence-electron chi connectivity index (χ0n) is 12.5. The molecule has 0 spiro atoms. The van der Waals surface area contributed by atoms with Crippen LogP contribution in [0.1, 0.15) is 36.1 Å². The average Bonchev–Trinajstić information content (AvgIpc) is 2.45. The third-order valence-corrected chi connectivity index (χ3v) is 3.75. The Morgan fingerprint density at radius 3 is 2.52 bits per heavy atom. The Kier molecular flexibility index (Phi) is 5.45. The molecule has 0 radical (unpaired) electrons. The summed E-state index contributed by atoms with van der Waals surface area (Å²) in [6.07, 6.45) is 1.64. The number of benzene rings is 2. The number of aryl methyl sites for hydroxylation is 2. The number of hydrogen-bond donors (Lipinski definition) is 1. The van der Waals surface area contributed by atoms with Crippen LogP contribution in [0.5, 0.6) is 0 Å². The second-order valence-electron chi connectivity index (χ2n) is 5.24. The highest BCUT2D eigenvalue weighted by Crippen LogP contribution is 2.23. The van der Waals surface area contributed by atoms with Crippen molar-refractivity contribution < 1.29 is 8.78 Å². The summed E-state index contributed by atoms with van der Waals surface area (Å²) < 4.78 is 27.0. The van der Waals surface area contributed by atoms with Crippen LogP contribution >= 0.6 is 0 Å². The Bertz CT molecular complexity index is 596. The van der Waals surface area contributed by atoms with Crippen LogP contribution in [0.25, 0.3) is 0 Å². The summed E-state index contributed by atoms with van der Waals surface area (Å²) in [5, 5.41) is 3.29. The van der Waals surface area contributed by atoms with Crippen molar-refractivity contribution in [1.29, 1.82) is 0 Å². The Balaban J connectivity index is 2.14. The molecule has 2 aromatic carbocycles. The van der Waals surface area contributed by atoms with Gasteiger partial charge in [0.25, 0.3) is 0 Å². The lowest BCUT2D eigenvalue weighted by atomic mass is 9.96. The van der Waals surface area contributed by atoms with E-state index >= 15 is 0 Å². The van der Waals surface area contributed by atoms with Gasteiger partial charge in [-0.25, -0.2) is 8.78 Å². The molecule has 1 nitrogen and oxygen atoms in total. The third kappa shape index (κ3) is 4.11. The molecule has 1 N–H and O–H groups in total. The van der Waals surface area contributed by atoms with E-state index < -0.39 is 11.6 Å². The van der Waals surface area contributed by atoms with E-state index in [9.17, 15) is 8.78 Å². The van der Waals surface area contributed by atoms with Crippen LogP contribution in [0, 0.1) is 18.6 Å². The van der Waals surface area contributed by atoms with E-state index in [1.807, 2.05) is 19.1 Å². The Morgan fingerprint density at radius 2 is 1.86 bits per heavy atom. The van der Waals surface area contributed by atoms with Crippen LogP contribution < -0.4 is 5.32 Å². The van der Waals surface area contributed by atoms with Crippen molar-refractivity contribution in [1.82, 2.24) is 5.32 Å². The van der Waals surface area contributed by atoms with E-state index in [1.54, 1.807) is 0 Å². The van der Waals surface area contributed by atoms with E-state index in [0.29, 0.717) is 5.56 Å².